The maximum Gasteiger partial charge on any atom is 0.134 e. The highest BCUT2D eigenvalue weighted by atomic mass is 16.1. The third kappa shape index (κ3) is 1.59. The Morgan fingerprint density at radius 1 is 1.40 bits per heavy atom. The van der Waals surface area contributed by atoms with Crippen LogP contribution >= 0.6 is 0 Å². The second kappa shape index (κ2) is 4.19. The van der Waals surface area contributed by atoms with E-state index in [2.05, 4.69) is 41.3 Å². The fraction of sp³-hybridized carbons (Fsp3) is 0.471. The highest BCUT2D eigenvalue weighted by Gasteiger charge is 2.40. The molecule has 2 aromatic rings. The van der Waals surface area contributed by atoms with Crippen LogP contribution < -0.4 is 0 Å². The second-order valence-electron chi connectivity index (χ2n) is 6.44. The Kier molecular flexibility index (Phi) is 2.55. The van der Waals surface area contributed by atoms with Gasteiger partial charge in [0.25, 0.3) is 0 Å². The second-order valence-corrected chi connectivity index (χ2v) is 6.44. The molecule has 1 aromatic heterocycles. The lowest BCUT2D eigenvalue weighted by Gasteiger charge is -2.45. The number of likely N-dealkylation sites (tertiary alicyclic amines) is 1. The molecular formula is C17H20N2O. The van der Waals surface area contributed by atoms with E-state index in [1.54, 1.807) is 6.92 Å². The van der Waals surface area contributed by atoms with E-state index in [0.29, 0.717) is 17.7 Å². The van der Waals surface area contributed by atoms with Crippen LogP contribution in [0, 0.1) is 5.92 Å². The predicted octanol–water partition coefficient (Wildman–Crippen LogP) is 2.72. The maximum atomic E-state index is 11.8. The van der Waals surface area contributed by atoms with Crippen LogP contribution in [0.1, 0.15) is 30.4 Å². The summed E-state index contributed by atoms with van der Waals surface area (Å²) in [6.45, 7) is 2.65. The van der Waals surface area contributed by atoms with Gasteiger partial charge in [0.15, 0.2) is 0 Å². The molecule has 1 N–H and O–H groups in total. The number of hydrogen-bond acceptors (Lipinski definition) is 2. The summed E-state index contributed by atoms with van der Waals surface area (Å²) in [6.07, 6.45) is 4.27. The van der Waals surface area contributed by atoms with Gasteiger partial charge in [-0.2, -0.15) is 0 Å². The first-order valence-corrected chi connectivity index (χ1v) is 7.44. The molecule has 0 unspecified atom stereocenters. The summed E-state index contributed by atoms with van der Waals surface area (Å²) in [6, 6.07) is 7.09. The molecule has 1 saturated heterocycles. The van der Waals surface area contributed by atoms with Gasteiger partial charge in [-0.15, -0.1) is 0 Å². The number of hydrogen-bond donors (Lipinski definition) is 1. The first-order chi connectivity index (χ1) is 9.65. The number of benzene rings is 1. The van der Waals surface area contributed by atoms with Crippen molar-refractivity contribution in [2.75, 3.05) is 13.6 Å². The van der Waals surface area contributed by atoms with Gasteiger partial charge in [-0.1, -0.05) is 12.1 Å². The maximum absolute atomic E-state index is 11.8. The summed E-state index contributed by atoms with van der Waals surface area (Å²) >= 11 is 0. The normalized spacial score (nSPS) is 29.4. The zero-order chi connectivity index (χ0) is 13.9. The van der Waals surface area contributed by atoms with Crippen LogP contribution in [-0.2, 0) is 11.2 Å². The molecule has 1 aromatic carbocycles. The Balaban J connectivity index is 1.85. The average Bonchev–Trinajstić information content (AvgIpc) is 2.84. The summed E-state index contributed by atoms with van der Waals surface area (Å²) in [4.78, 5) is 17.6. The van der Waals surface area contributed by atoms with Crippen LogP contribution in [-0.4, -0.2) is 35.3 Å². The topological polar surface area (TPSA) is 36.1 Å². The third-order valence-electron chi connectivity index (χ3n) is 5.30. The lowest BCUT2D eigenvalue weighted by molar-refractivity contribution is -0.123. The Hall–Kier alpha value is -1.61. The SMILES string of the molecule is CC(=O)[C@@H]1C[C@@H]2c3cccc4[nH]cc(c34)C[C@H]2N(C)C1. The fourth-order valence-electron chi connectivity index (χ4n) is 4.24. The van der Waals surface area contributed by atoms with Crippen LogP contribution in [0.2, 0.25) is 0 Å². The minimum absolute atomic E-state index is 0.192. The number of carbonyl (C=O) groups is 1. The molecule has 0 radical (unpaired) electrons. The number of ketones is 1. The number of aromatic amines is 1. The lowest BCUT2D eigenvalue weighted by Crippen LogP contribution is -2.49. The van der Waals surface area contributed by atoms with Crippen molar-refractivity contribution >= 4 is 16.7 Å². The molecule has 3 atom stereocenters. The zero-order valence-corrected chi connectivity index (χ0v) is 12.0. The van der Waals surface area contributed by atoms with Crippen LogP contribution in [0.25, 0.3) is 10.9 Å². The van der Waals surface area contributed by atoms with Crippen molar-refractivity contribution in [3.05, 3.63) is 35.5 Å². The van der Waals surface area contributed by atoms with Gasteiger partial charge in [0.05, 0.1) is 0 Å². The van der Waals surface area contributed by atoms with Crippen LogP contribution in [0.3, 0.4) is 0 Å². The number of Topliss-reactive ketones (excluding diaryl/α,β-unsaturated/α-hetero) is 1. The molecule has 0 saturated carbocycles. The average molecular weight is 268 g/mol. The number of aromatic nitrogens is 1. The third-order valence-corrected chi connectivity index (χ3v) is 5.30. The van der Waals surface area contributed by atoms with Crippen molar-refractivity contribution in [1.29, 1.82) is 0 Å². The van der Waals surface area contributed by atoms with Crippen molar-refractivity contribution in [3.63, 3.8) is 0 Å². The summed E-state index contributed by atoms with van der Waals surface area (Å²) in [5, 5.41) is 1.41. The molecule has 20 heavy (non-hydrogen) atoms. The van der Waals surface area contributed by atoms with Crippen molar-refractivity contribution in [2.45, 2.75) is 31.7 Å². The van der Waals surface area contributed by atoms with E-state index in [9.17, 15) is 4.79 Å². The van der Waals surface area contributed by atoms with Crippen molar-refractivity contribution in [2.24, 2.45) is 5.92 Å². The highest BCUT2D eigenvalue weighted by molar-refractivity contribution is 5.88. The van der Waals surface area contributed by atoms with E-state index < -0.39 is 0 Å². The molecule has 4 rings (SSSR count). The van der Waals surface area contributed by atoms with Crippen molar-refractivity contribution in [3.8, 4) is 0 Å². The first kappa shape index (κ1) is 12.2. The number of likely N-dealkylation sites (N-methyl/N-ethyl adjacent to an activating group) is 1. The standard InChI is InChI=1S/C17H20N2O/c1-10(20)12-6-14-13-4-3-5-15-17(13)11(8-18-15)7-16(14)19(2)9-12/h3-5,8,12,14,16,18H,6-7,9H2,1-2H3/t12-,14-,16-/m1/s1. The molecule has 104 valence electrons. The lowest BCUT2D eigenvalue weighted by atomic mass is 9.72. The largest absolute Gasteiger partial charge is 0.361 e. The van der Waals surface area contributed by atoms with E-state index in [0.717, 1.165) is 19.4 Å². The number of nitrogens with one attached hydrogen (secondary N) is 1. The van der Waals surface area contributed by atoms with Crippen molar-refractivity contribution in [1.82, 2.24) is 9.88 Å². The quantitative estimate of drug-likeness (QED) is 0.863. The van der Waals surface area contributed by atoms with Gasteiger partial charge in [-0.25, -0.2) is 0 Å². The first-order valence-electron chi connectivity index (χ1n) is 7.44. The van der Waals surface area contributed by atoms with Crippen LogP contribution in [0.4, 0.5) is 0 Å². The molecule has 3 heteroatoms. The fourth-order valence-corrected chi connectivity index (χ4v) is 4.24. The van der Waals surface area contributed by atoms with Crippen LogP contribution in [0.15, 0.2) is 24.4 Å². The molecule has 1 fully saturated rings. The summed E-state index contributed by atoms with van der Waals surface area (Å²) in [5.74, 6) is 1.02. The van der Waals surface area contributed by atoms with E-state index in [1.807, 2.05) is 0 Å². The molecule has 1 aliphatic heterocycles. The number of H-pyrrole nitrogens is 1. The van der Waals surface area contributed by atoms with Gasteiger partial charge in [0.1, 0.15) is 5.78 Å². The Labute approximate surface area is 119 Å². The number of nitrogens with zero attached hydrogens (tertiary/aromatic N) is 1. The van der Waals surface area contributed by atoms with E-state index >= 15 is 0 Å². The molecule has 0 amide bonds. The van der Waals surface area contributed by atoms with E-state index in [1.165, 1.54) is 22.0 Å². The Morgan fingerprint density at radius 3 is 3.05 bits per heavy atom. The van der Waals surface area contributed by atoms with Gasteiger partial charge in [-0.05, 0) is 44.0 Å². The monoisotopic (exact) mass is 268 g/mol. The van der Waals surface area contributed by atoms with E-state index in [-0.39, 0.29) is 5.92 Å². The summed E-state index contributed by atoms with van der Waals surface area (Å²) in [5.41, 5.74) is 4.11. The number of rotatable bonds is 1. The number of fused-ring (bicyclic) bond motifs is 2. The van der Waals surface area contributed by atoms with Gasteiger partial charge < -0.3 is 9.88 Å². The van der Waals surface area contributed by atoms with Crippen LogP contribution in [0.5, 0.6) is 0 Å². The van der Waals surface area contributed by atoms with Gasteiger partial charge >= 0.3 is 0 Å². The minimum atomic E-state index is 0.192. The number of carbonyl (C=O) groups excluding carboxylic acids is 1. The molecular weight excluding hydrogens is 248 g/mol. The smallest absolute Gasteiger partial charge is 0.134 e. The molecule has 2 heterocycles. The van der Waals surface area contributed by atoms with Gasteiger partial charge in [0, 0.05) is 41.5 Å². The highest BCUT2D eigenvalue weighted by Crippen LogP contribution is 2.44. The molecule has 0 bridgehead atoms. The molecule has 2 aliphatic rings. The Bertz CT molecular complexity index is 687. The van der Waals surface area contributed by atoms with E-state index in [4.69, 9.17) is 0 Å². The summed E-state index contributed by atoms with van der Waals surface area (Å²) in [7, 11) is 2.17. The molecule has 1 aliphatic carbocycles. The predicted molar refractivity (Wildman–Crippen MR) is 79.9 cm³/mol. The number of piperidine rings is 1. The van der Waals surface area contributed by atoms with Gasteiger partial charge in [0.2, 0.25) is 0 Å². The van der Waals surface area contributed by atoms with Crippen molar-refractivity contribution < 1.29 is 4.79 Å². The molecule has 0 spiro atoms. The van der Waals surface area contributed by atoms with Gasteiger partial charge in [-0.3, -0.25) is 4.79 Å². The minimum Gasteiger partial charge on any atom is -0.361 e. The zero-order valence-electron chi connectivity index (χ0n) is 12.0. The Morgan fingerprint density at radius 2 is 2.25 bits per heavy atom. The summed E-state index contributed by atoms with van der Waals surface area (Å²) < 4.78 is 0. The molecule has 3 nitrogen and oxygen atoms in total.